The molecule has 0 bridgehead atoms. The normalized spacial score (nSPS) is 26.7. The molecule has 4 nitrogen and oxygen atoms in total. The van der Waals surface area contributed by atoms with Crippen molar-refractivity contribution >= 4 is 6.09 Å². The molecule has 0 radical (unpaired) electrons. The first-order valence-electron chi connectivity index (χ1n) is 4.08. The van der Waals surface area contributed by atoms with Gasteiger partial charge in [-0.15, -0.1) is 0 Å². The third kappa shape index (κ3) is 1.35. The van der Waals surface area contributed by atoms with Gasteiger partial charge < -0.3 is 10.1 Å². The summed E-state index contributed by atoms with van der Waals surface area (Å²) in [6, 6.07) is 3.70. The van der Waals surface area contributed by atoms with Gasteiger partial charge >= 0.3 is 6.09 Å². The molecule has 0 aliphatic carbocycles. The van der Waals surface area contributed by atoms with Crippen LogP contribution in [0, 0.1) is 0 Å². The van der Waals surface area contributed by atoms with E-state index in [2.05, 4.69) is 10.3 Å². The fourth-order valence-electron chi connectivity index (χ4n) is 1.38. The molecule has 1 saturated heterocycles. The Morgan fingerprint density at radius 2 is 2.23 bits per heavy atom. The molecular formula is C9H10N2O2. The Morgan fingerprint density at radius 1 is 1.54 bits per heavy atom. The fraction of sp³-hybridized carbons (Fsp3) is 0.333. The van der Waals surface area contributed by atoms with Gasteiger partial charge in [-0.25, -0.2) is 4.79 Å². The Balaban J connectivity index is 2.31. The summed E-state index contributed by atoms with van der Waals surface area (Å²) in [7, 11) is 0. The van der Waals surface area contributed by atoms with E-state index in [1.165, 1.54) is 0 Å². The van der Waals surface area contributed by atoms with E-state index in [4.69, 9.17) is 4.74 Å². The predicted molar refractivity (Wildman–Crippen MR) is 46.1 cm³/mol. The molecule has 2 heterocycles. The smallest absolute Gasteiger partial charge is 0.408 e. The molecule has 1 aliphatic heterocycles. The minimum Gasteiger partial charge on any atom is -0.436 e. The molecular weight excluding hydrogens is 168 g/mol. The van der Waals surface area contributed by atoms with Crippen molar-refractivity contribution in [3.05, 3.63) is 30.1 Å². The van der Waals surface area contributed by atoms with Crippen molar-refractivity contribution in [3.8, 4) is 0 Å². The summed E-state index contributed by atoms with van der Waals surface area (Å²) < 4.78 is 5.16. The Labute approximate surface area is 75.9 Å². The number of rotatable bonds is 1. The zero-order chi connectivity index (χ0) is 9.31. The topological polar surface area (TPSA) is 51.2 Å². The second-order valence-corrected chi connectivity index (χ2v) is 3.21. The third-order valence-electron chi connectivity index (χ3n) is 2.18. The van der Waals surface area contributed by atoms with Crippen LogP contribution < -0.4 is 5.32 Å². The third-order valence-corrected chi connectivity index (χ3v) is 2.18. The van der Waals surface area contributed by atoms with Crippen LogP contribution in [-0.4, -0.2) is 17.6 Å². The predicted octanol–water partition coefficient (Wildman–Crippen LogP) is 1.04. The van der Waals surface area contributed by atoms with E-state index in [0.29, 0.717) is 6.54 Å². The van der Waals surface area contributed by atoms with Crippen molar-refractivity contribution in [3.63, 3.8) is 0 Å². The quantitative estimate of drug-likeness (QED) is 0.699. The van der Waals surface area contributed by atoms with Gasteiger partial charge in [0.2, 0.25) is 0 Å². The number of alkyl carbamates (subject to hydrolysis) is 1. The highest BCUT2D eigenvalue weighted by atomic mass is 16.6. The van der Waals surface area contributed by atoms with Crippen LogP contribution in [0.15, 0.2) is 24.5 Å². The number of nitrogens with one attached hydrogen (secondary N) is 1. The summed E-state index contributed by atoms with van der Waals surface area (Å²) in [5, 5.41) is 2.63. The van der Waals surface area contributed by atoms with Crippen LogP contribution in [0.25, 0.3) is 0 Å². The molecule has 4 heteroatoms. The number of nitrogens with zero attached hydrogens (tertiary/aromatic N) is 1. The SMILES string of the molecule is CC1(c2ccncc2)CNC(=O)O1. The first-order chi connectivity index (χ1) is 6.21. The number of carbonyl (C=O) groups excluding carboxylic acids is 1. The number of aromatic nitrogens is 1. The average Bonchev–Trinajstić information content (AvgIpc) is 2.49. The molecule has 1 unspecified atom stereocenters. The minimum atomic E-state index is -0.542. The van der Waals surface area contributed by atoms with Crippen molar-refractivity contribution < 1.29 is 9.53 Å². The van der Waals surface area contributed by atoms with Crippen molar-refractivity contribution in [1.82, 2.24) is 10.3 Å². The van der Waals surface area contributed by atoms with E-state index in [9.17, 15) is 4.79 Å². The van der Waals surface area contributed by atoms with Crippen LogP contribution in [0.4, 0.5) is 4.79 Å². The van der Waals surface area contributed by atoms with Crippen LogP contribution in [0.1, 0.15) is 12.5 Å². The molecule has 1 fully saturated rings. The summed E-state index contributed by atoms with van der Waals surface area (Å²) in [4.78, 5) is 14.8. The van der Waals surface area contributed by atoms with E-state index in [1.807, 2.05) is 19.1 Å². The van der Waals surface area contributed by atoms with E-state index >= 15 is 0 Å². The van der Waals surface area contributed by atoms with Crippen molar-refractivity contribution in [2.24, 2.45) is 0 Å². The largest absolute Gasteiger partial charge is 0.436 e. The van der Waals surface area contributed by atoms with E-state index in [1.54, 1.807) is 12.4 Å². The average molecular weight is 178 g/mol. The Kier molecular flexibility index (Phi) is 1.69. The highest BCUT2D eigenvalue weighted by molar-refractivity contribution is 5.70. The van der Waals surface area contributed by atoms with Gasteiger partial charge in [-0.05, 0) is 19.1 Å². The maximum Gasteiger partial charge on any atom is 0.408 e. The standard InChI is InChI=1S/C9H10N2O2/c1-9(6-11-8(12)13-9)7-2-4-10-5-3-7/h2-5H,6H2,1H3,(H,11,12). The maximum absolute atomic E-state index is 10.9. The van der Waals surface area contributed by atoms with Gasteiger partial charge in [0, 0.05) is 18.0 Å². The van der Waals surface area contributed by atoms with Crippen molar-refractivity contribution in [1.29, 1.82) is 0 Å². The van der Waals surface area contributed by atoms with Crippen molar-refractivity contribution in [2.75, 3.05) is 6.54 Å². The molecule has 0 spiro atoms. The van der Waals surface area contributed by atoms with Gasteiger partial charge in [0.25, 0.3) is 0 Å². The molecule has 0 aromatic carbocycles. The molecule has 1 amide bonds. The van der Waals surface area contributed by atoms with E-state index < -0.39 is 5.60 Å². The van der Waals surface area contributed by atoms with Crippen LogP contribution >= 0.6 is 0 Å². The molecule has 1 aliphatic rings. The van der Waals surface area contributed by atoms with Crippen LogP contribution in [-0.2, 0) is 10.3 Å². The fourth-order valence-corrected chi connectivity index (χ4v) is 1.38. The number of hydrogen-bond donors (Lipinski definition) is 1. The lowest BCUT2D eigenvalue weighted by Crippen LogP contribution is -2.26. The molecule has 68 valence electrons. The zero-order valence-corrected chi connectivity index (χ0v) is 7.28. The second-order valence-electron chi connectivity index (χ2n) is 3.21. The number of carbonyl (C=O) groups is 1. The summed E-state index contributed by atoms with van der Waals surface area (Å²) in [5.74, 6) is 0. The first-order valence-corrected chi connectivity index (χ1v) is 4.08. The van der Waals surface area contributed by atoms with Crippen LogP contribution in [0.2, 0.25) is 0 Å². The number of amides is 1. The molecule has 1 N–H and O–H groups in total. The van der Waals surface area contributed by atoms with Gasteiger partial charge in [-0.3, -0.25) is 4.98 Å². The number of pyridine rings is 1. The highest BCUT2D eigenvalue weighted by Gasteiger charge is 2.36. The molecule has 13 heavy (non-hydrogen) atoms. The molecule has 0 saturated carbocycles. The van der Waals surface area contributed by atoms with E-state index in [0.717, 1.165) is 5.56 Å². The lowest BCUT2D eigenvalue weighted by molar-refractivity contribution is 0.0703. The number of ether oxygens (including phenoxy) is 1. The maximum atomic E-state index is 10.9. The molecule has 2 rings (SSSR count). The lowest BCUT2D eigenvalue weighted by atomic mass is 9.98. The monoisotopic (exact) mass is 178 g/mol. The summed E-state index contributed by atoms with van der Waals surface area (Å²) >= 11 is 0. The summed E-state index contributed by atoms with van der Waals surface area (Å²) in [6.45, 7) is 2.38. The lowest BCUT2D eigenvalue weighted by Gasteiger charge is -2.20. The van der Waals surface area contributed by atoms with Crippen molar-refractivity contribution in [2.45, 2.75) is 12.5 Å². The number of hydrogen-bond acceptors (Lipinski definition) is 3. The Bertz CT molecular complexity index is 326. The van der Waals surface area contributed by atoms with Crippen LogP contribution in [0.3, 0.4) is 0 Å². The molecule has 1 aromatic rings. The summed E-state index contributed by atoms with van der Waals surface area (Å²) in [6.07, 6.45) is 3.01. The molecule has 1 atom stereocenters. The van der Waals surface area contributed by atoms with Gasteiger partial charge in [0.15, 0.2) is 5.60 Å². The number of cyclic esters (lactones) is 1. The zero-order valence-electron chi connectivity index (χ0n) is 7.28. The van der Waals surface area contributed by atoms with Gasteiger partial charge in [0.05, 0.1) is 6.54 Å². The second kappa shape index (κ2) is 2.73. The minimum absolute atomic E-state index is 0.362. The highest BCUT2D eigenvalue weighted by Crippen LogP contribution is 2.27. The van der Waals surface area contributed by atoms with Gasteiger partial charge in [-0.2, -0.15) is 0 Å². The van der Waals surface area contributed by atoms with Crippen LogP contribution in [0.5, 0.6) is 0 Å². The molecule has 1 aromatic heterocycles. The Hall–Kier alpha value is -1.58. The van der Waals surface area contributed by atoms with E-state index in [-0.39, 0.29) is 6.09 Å². The van der Waals surface area contributed by atoms with Gasteiger partial charge in [0.1, 0.15) is 0 Å². The first kappa shape index (κ1) is 8.04. The summed E-state index contributed by atoms with van der Waals surface area (Å²) in [5.41, 5.74) is 0.417. The Morgan fingerprint density at radius 3 is 2.77 bits per heavy atom. The van der Waals surface area contributed by atoms with Gasteiger partial charge in [-0.1, -0.05) is 0 Å².